The molecule has 3 rings (SSSR count). The van der Waals surface area contributed by atoms with Gasteiger partial charge in [0.1, 0.15) is 0 Å². The maximum Gasteiger partial charge on any atom is 0.246 e. The van der Waals surface area contributed by atoms with Crippen molar-refractivity contribution >= 4 is 21.6 Å². The average molecular weight is 343 g/mol. The van der Waals surface area contributed by atoms with Crippen molar-refractivity contribution in [2.24, 2.45) is 5.73 Å². The van der Waals surface area contributed by atoms with Gasteiger partial charge in [-0.05, 0) is 23.8 Å². The maximum atomic E-state index is 13.0. The third kappa shape index (κ3) is 2.68. The fraction of sp³-hybridized carbons (Fsp3) is 0.118. The van der Waals surface area contributed by atoms with E-state index in [-0.39, 0.29) is 17.0 Å². The summed E-state index contributed by atoms with van der Waals surface area (Å²) in [7, 11) is -3.80. The number of para-hydroxylation sites is 1. The molecule has 4 N–H and O–H groups in total. The van der Waals surface area contributed by atoms with Gasteiger partial charge < -0.3 is 11.5 Å². The van der Waals surface area contributed by atoms with E-state index in [9.17, 15) is 13.2 Å². The molecule has 0 saturated carbocycles. The number of hydrogen-bond donors (Lipinski definition) is 2. The van der Waals surface area contributed by atoms with E-state index in [1.807, 2.05) is 0 Å². The molecule has 7 heteroatoms. The number of rotatable bonds is 4. The van der Waals surface area contributed by atoms with Gasteiger partial charge in [0, 0.05) is 17.8 Å². The standard InChI is InChI=1S/C17H17N3O3S/c18-15-9-5-4-8-13(15)16-14(17(19)21)10-11-20(16)24(22,23)12-6-2-1-3-7-12/h1-10,16H,11,18H2,(H2,19,21). The SMILES string of the molecule is NC(=O)C1=CCN(S(=O)(=O)c2ccccc2)C1c1ccccc1N. The van der Waals surface area contributed by atoms with Crippen LogP contribution in [-0.4, -0.2) is 25.2 Å². The Hall–Kier alpha value is -2.64. The van der Waals surface area contributed by atoms with Crippen LogP contribution in [0, 0.1) is 0 Å². The van der Waals surface area contributed by atoms with E-state index < -0.39 is 22.0 Å². The first-order valence-electron chi connectivity index (χ1n) is 7.34. The summed E-state index contributed by atoms with van der Waals surface area (Å²) in [6.07, 6.45) is 1.54. The van der Waals surface area contributed by atoms with Crippen molar-refractivity contribution in [2.45, 2.75) is 10.9 Å². The van der Waals surface area contributed by atoms with Gasteiger partial charge in [0.05, 0.1) is 10.9 Å². The minimum atomic E-state index is -3.80. The van der Waals surface area contributed by atoms with Gasteiger partial charge >= 0.3 is 0 Å². The summed E-state index contributed by atoms with van der Waals surface area (Å²) in [6.45, 7) is 0.0640. The molecule has 1 heterocycles. The van der Waals surface area contributed by atoms with Crippen LogP contribution < -0.4 is 11.5 Å². The Morgan fingerprint density at radius 3 is 2.29 bits per heavy atom. The molecule has 2 aromatic carbocycles. The zero-order chi connectivity index (χ0) is 17.3. The quantitative estimate of drug-likeness (QED) is 0.819. The molecule has 24 heavy (non-hydrogen) atoms. The van der Waals surface area contributed by atoms with Gasteiger partial charge in [-0.15, -0.1) is 0 Å². The fourth-order valence-corrected chi connectivity index (χ4v) is 4.39. The highest BCUT2D eigenvalue weighted by molar-refractivity contribution is 7.89. The molecule has 0 fully saturated rings. The van der Waals surface area contributed by atoms with E-state index in [0.29, 0.717) is 11.3 Å². The van der Waals surface area contributed by atoms with Gasteiger partial charge in [0.15, 0.2) is 0 Å². The van der Waals surface area contributed by atoms with Gasteiger partial charge in [-0.2, -0.15) is 4.31 Å². The predicted molar refractivity (Wildman–Crippen MR) is 91.2 cm³/mol. The van der Waals surface area contributed by atoms with Crippen LogP contribution in [0.3, 0.4) is 0 Å². The Labute approximate surface area is 140 Å². The Morgan fingerprint density at radius 2 is 1.67 bits per heavy atom. The number of anilines is 1. The van der Waals surface area contributed by atoms with Crippen molar-refractivity contribution in [2.75, 3.05) is 12.3 Å². The van der Waals surface area contributed by atoms with E-state index in [1.54, 1.807) is 48.5 Å². The van der Waals surface area contributed by atoms with E-state index in [1.165, 1.54) is 16.4 Å². The first-order chi connectivity index (χ1) is 11.4. The van der Waals surface area contributed by atoms with Crippen LogP contribution in [0.1, 0.15) is 11.6 Å². The summed E-state index contributed by atoms with van der Waals surface area (Å²) in [4.78, 5) is 12.0. The first kappa shape index (κ1) is 16.2. The highest BCUT2D eigenvalue weighted by Gasteiger charge is 2.40. The number of hydrogen-bond acceptors (Lipinski definition) is 4. The third-order valence-corrected chi connectivity index (χ3v) is 5.84. The molecular weight excluding hydrogens is 326 g/mol. The lowest BCUT2D eigenvalue weighted by molar-refractivity contribution is -0.114. The second kappa shape index (κ2) is 6.10. The zero-order valence-corrected chi connectivity index (χ0v) is 13.6. The van der Waals surface area contributed by atoms with Crippen molar-refractivity contribution in [3.05, 3.63) is 71.8 Å². The van der Waals surface area contributed by atoms with Crippen LogP contribution in [0.4, 0.5) is 5.69 Å². The van der Waals surface area contributed by atoms with Crippen LogP contribution in [-0.2, 0) is 14.8 Å². The van der Waals surface area contributed by atoms with Crippen LogP contribution in [0.15, 0.2) is 71.1 Å². The van der Waals surface area contributed by atoms with Crippen molar-refractivity contribution in [1.82, 2.24) is 4.31 Å². The Morgan fingerprint density at radius 1 is 1.04 bits per heavy atom. The van der Waals surface area contributed by atoms with Crippen molar-refractivity contribution < 1.29 is 13.2 Å². The van der Waals surface area contributed by atoms with Gasteiger partial charge in [-0.1, -0.05) is 42.5 Å². The number of carbonyl (C=O) groups excluding carboxylic acids is 1. The smallest absolute Gasteiger partial charge is 0.246 e. The van der Waals surface area contributed by atoms with Crippen LogP contribution in [0.25, 0.3) is 0 Å². The second-order valence-electron chi connectivity index (χ2n) is 5.44. The number of nitrogens with zero attached hydrogens (tertiary/aromatic N) is 1. The average Bonchev–Trinajstić information content (AvgIpc) is 3.02. The van der Waals surface area contributed by atoms with Crippen molar-refractivity contribution in [3.63, 3.8) is 0 Å². The second-order valence-corrected chi connectivity index (χ2v) is 7.33. The number of sulfonamides is 1. The number of benzene rings is 2. The van der Waals surface area contributed by atoms with Crippen LogP contribution in [0.5, 0.6) is 0 Å². The monoisotopic (exact) mass is 343 g/mol. The van der Waals surface area contributed by atoms with Gasteiger partial charge in [-0.25, -0.2) is 8.42 Å². The lowest BCUT2D eigenvalue weighted by Crippen LogP contribution is -2.34. The van der Waals surface area contributed by atoms with Crippen LogP contribution >= 0.6 is 0 Å². The van der Waals surface area contributed by atoms with Crippen molar-refractivity contribution in [1.29, 1.82) is 0 Å². The lowest BCUT2D eigenvalue weighted by Gasteiger charge is -2.27. The molecule has 6 nitrogen and oxygen atoms in total. The molecule has 1 aliphatic rings. The molecule has 0 spiro atoms. The molecule has 0 aliphatic carbocycles. The predicted octanol–water partition coefficient (Wildman–Crippen LogP) is 1.43. The molecule has 0 radical (unpaired) electrons. The zero-order valence-electron chi connectivity index (χ0n) is 12.8. The highest BCUT2D eigenvalue weighted by Crippen LogP contribution is 2.39. The maximum absolute atomic E-state index is 13.0. The Balaban J connectivity index is 2.12. The number of primary amides is 1. The minimum absolute atomic E-state index is 0.0640. The normalized spacial score (nSPS) is 18.3. The number of nitrogens with two attached hydrogens (primary N) is 2. The third-order valence-electron chi connectivity index (χ3n) is 4.00. The largest absolute Gasteiger partial charge is 0.398 e. The number of carbonyl (C=O) groups is 1. The molecular formula is C17H17N3O3S. The summed E-state index contributed by atoms with van der Waals surface area (Å²) >= 11 is 0. The van der Waals surface area contributed by atoms with E-state index in [0.717, 1.165) is 0 Å². The summed E-state index contributed by atoms with van der Waals surface area (Å²) in [6, 6.07) is 14.1. The molecule has 1 aliphatic heterocycles. The minimum Gasteiger partial charge on any atom is -0.398 e. The van der Waals surface area contributed by atoms with E-state index in [2.05, 4.69) is 0 Å². The molecule has 0 saturated heterocycles. The summed E-state index contributed by atoms with van der Waals surface area (Å²) in [5.74, 6) is -0.658. The molecule has 1 atom stereocenters. The van der Waals surface area contributed by atoms with Gasteiger partial charge in [0.2, 0.25) is 15.9 Å². The topological polar surface area (TPSA) is 106 Å². The molecule has 0 aromatic heterocycles. The number of nitrogen functional groups attached to an aromatic ring is 1. The summed E-state index contributed by atoms with van der Waals surface area (Å²) < 4.78 is 27.2. The molecule has 2 aromatic rings. The van der Waals surface area contributed by atoms with Crippen LogP contribution in [0.2, 0.25) is 0 Å². The Bertz CT molecular complexity index is 908. The lowest BCUT2D eigenvalue weighted by atomic mass is 9.99. The molecule has 124 valence electrons. The Kier molecular flexibility index (Phi) is 4.13. The summed E-state index contributed by atoms with van der Waals surface area (Å²) in [5, 5.41) is 0. The fourth-order valence-electron chi connectivity index (χ4n) is 2.84. The van der Waals surface area contributed by atoms with Gasteiger partial charge in [-0.3, -0.25) is 4.79 Å². The summed E-state index contributed by atoms with van der Waals surface area (Å²) in [5.41, 5.74) is 12.6. The van der Waals surface area contributed by atoms with Gasteiger partial charge in [0.25, 0.3) is 0 Å². The number of amides is 1. The molecule has 1 unspecified atom stereocenters. The first-order valence-corrected chi connectivity index (χ1v) is 8.78. The highest BCUT2D eigenvalue weighted by atomic mass is 32.2. The molecule has 1 amide bonds. The van der Waals surface area contributed by atoms with Crippen molar-refractivity contribution in [3.8, 4) is 0 Å². The van der Waals surface area contributed by atoms with E-state index >= 15 is 0 Å². The molecule has 0 bridgehead atoms. The van der Waals surface area contributed by atoms with E-state index in [4.69, 9.17) is 11.5 Å².